The summed E-state index contributed by atoms with van der Waals surface area (Å²) in [5.41, 5.74) is 0.797. The van der Waals surface area contributed by atoms with Crippen molar-refractivity contribution >= 4 is 5.91 Å². The molecule has 2 aromatic heterocycles. The van der Waals surface area contributed by atoms with Crippen LogP contribution in [0.5, 0.6) is 5.75 Å². The van der Waals surface area contributed by atoms with Crippen LogP contribution in [0.1, 0.15) is 65.0 Å². The molecule has 2 heterocycles. The molecule has 4 rings (SSSR count). The molecule has 1 aliphatic carbocycles. The van der Waals surface area contributed by atoms with Crippen LogP contribution in [0.15, 0.2) is 30.6 Å². The number of rotatable bonds is 6. The third kappa shape index (κ3) is 5.25. The second-order valence-electron chi connectivity index (χ2n) is 7.61. The molecule has 3 aromatic rings. The number of nitrogens with one attached hydrogen (secondary N) is 1. The molecule has 1 aliphatic rings. The van der Waals surface area contributed by atoms with Gasteiger partial charge in [-0.1, -0.05) is 0 Å². The average Bonchev–Trinajstić information content (AvgIpc) is 3.53. The van der Waals surface area contributed by atoms with Crippen molar-refractivity contribution in [1.82, 2.24) is 30.0 Å². The number of alkyl halides is 3. The zero-order chi connectivity index (χ0) is 23.8. The highest BCUT2D eigenvalue weighted by Crippen LogP contribution is 2.42. The lowest BCUT2D eigenvalue weighted by molar-refractivity contribution is -0.274. The normalized spacial score (nSPS) is 14.4. The summed E-state index contributed by atoms with van der Waals surface area (Å²) in [5.74, 6) is 0.102. The average molecular weight is 457 g/mol. The van der Waals surface area contributed by atoms with Gasteiger partial charge in [-0.2, -0.15) is 9.94 Å². The molecule has 33 heavy (non-hydrogen) atoms. The number of carbonyl (C=O) groups excluding carboxylic acids is 1. The monoisotopic (exact) mass is 457 g/mol. The van der Waals surface area contributed by atoms with Crippen molar-refractivity contribution in [3.05, 3.63) is 59.1 Å². The molecule has 0 saturated heterocycles. The Morgan fingerprint density at radius 1 is 1.27 bits per heavy atom. The van der Waals surface area contributed by atoms with E-state index in [2.05, 4.69) is 30.1 Å². The summed E-state index contributed by atoms with van der Waals surface area (Å²) in [6.45, 7) is 3.31. The number of aromatic nitrogens is 5. The Balaban J connectivity index is 1.60. The molecule has 1 amide bonds. The standard InChI is InChI=1S/C21H18F3N7O2/c1-11(19-29-12(2)30-31(19)18-8-16(9-25)26-10-27-18)28-20(32)15-5-14(13-3-4-13)6-17(7-15)33-21(22,23)24/h5-8,10-11,13H,3-4H2,1-2H3,(H,28,32)/t11-/m0/s1. The lowest BCUT2D eigenvalue weighted by Gasteiger charge is -2.16. The number of aryl methyl sites for hydroxylation is 1. The first-order valence-corrected chi connectivity index (χ1v) is 10.0. The minimum absolute atomic E-state index is 0.0436. The number of ether oxygens (including phenoxy) is 1. The van der Waals surface area contributed by atoms with E-state index < -0.39 is 24.1 Å². The van der Waals surface area contributed by atoms with Crippen LogP contribution in [-0.2, 0) is 0 Å². The molecule has 1 fully saturated rings. The van der Waals surface area contributed by atoms with Crippen LogP contribution in [0.3, 0.4) is 0 Å². The smallest absolute Gasteiger partial charge is 0.406 e. The summed E-state index contributed by atoms with van der Waals surface area (Å²) in [6, 6.07) is 6.59. The first kappa shape index (κ1) is 22.2. The Bertz CT molecular complexity index is 1250. The van der Waals surface area contributed by atoms with E-state index in [4.69, 9.17) is 5.26 Å². The Kier molecular flexibility index (Phi) is 5.71. The maximum Gasteiger partial charge on any atom is 0.573 e. The van der Waals surface area contributed by atoms with Gasteiger partial charge in [0.25, 0.3) is 5.91 Å². The van der Waals surface area contributed by atoms with Gasteiger partial charge >= 0.3 is 6.36 Å². The maximum atomic E-state index is 12.9. The number of halogens is 3. The SMILES string of the molecule is Cc1nc([C@H](C)NC(=O)c2cc(OC(F)(F)F)cc(C3CC3)c2)n(-c2cc(C#N)ncn2)n1. The molecule has 0 radical (unpaired) electrons. The van der Waals surface area contributed by atoms with E-state index in [0.29, 0.717) is 17.2 Å². The second kappa shape index (κ2) is 8.50. The van der Waals surface area contributed by atoms with E-state index in [-0.39, 0.29) is 23.0 Å². The number of amides is 1. The van der Waals surface area contributed by atoms with Gasteiger partial charge in [0.15, 0.2) is 11.6 Å². The quantitative estimate of drug-likeness (QED) is 0.602. The van der Waals surface area contributed by atoms with Gasteiger partial charge in [-0.3, -0.25) is 4.79 Å². The second-order valence-corrected chi connectivity index (χ2v) is 7.61. The lowest BCUT2D eigenvalue weighted by Crippen LogP contribution is -2.29. The van der Waals surface area contributed by atoms with Gasteiger partial charge < -0.3 is 10.1 Å². The maximum absolute atomic E-state index is 12.9. The molecule has 0 aliphatic heterocycles. The number of hydrogen-bond donors (Lipinski definition) is 1. The fourth-order valence-corrected chi connectivity index (χ4v) is 3.35. The Morgan fingerprint density at radius 2 is 2.03 bits per heavy atom. The van der Waals surface area contributed by atoms with Crippen LogP contribution in [0.4, 0.5) is 13.2 Å². The third-order valence-corrected chi connectivity index (χ3v) is 4.93. The highest BCUT2D eigenvalue weighted by Gasteiger charge is 2.33. The molecule has 9 nitrogen and oxygen atoms in total. The molecule has 170 valence electrons. The molecule has 0 bridgehead atoms. The minimum Gasteiger partial charge on any atom is -0.406 e. The lowest BCUT2D eigenvalue weighted by atomic mass is 10.1. The zero-order valence-electron chi connectivity index (χ0n) is 17.6. The first-order valence-electron chi connectivity index (χ1n) is 10.0. The van der Waals surface area contributed by atoms with Gasteiger partial charge in [-0.25, -0.2) is 15.0 Å². The van der Waals surface area contributed by atoms with E-state index in [1.54, 1.807) is 19.9 Å². The van der Waals surface area contributed by atoms with Crippen LogP contribution in [0.25, 0.3) is 5.82 Å². The summed E-state index contributed by atoms with van der Waals surface area (Å²) >= 11 is 0. The van der Waals surface area contributed by atoms with Gasteiger partial charge in [-0.05, 0) is 56.4 Å². The first-order chi connectivity index (χ1) is 15.6. The molecule has 1 N–H and O–H groups in total. The van der Waals surface area contributed by atoms with Gasteiger partial charge in [0.2, 0.25) is 0 Å². The van der Waals surface area contributed by atoms with Crippen molar-refractivity contribution in [2.75, 3.05) is 0 Å². The highest BCUT2D eigenvalue weighted by molar-refractivity contribution is 5.95. The van der Waals surface area contributed by atoms with Crippen molar-refractivity contribution in [1.29, 1.82) is 5.26 Å². The van der Waals surface area contributed by atoms with Gasteiger partial charge in [-0.15, -0.1) is 18.3 Å². The number of carbonyl (C=O) groups is 1. The Labute approximate surface area is 186 Å². The zero-order valence-corrected chi connectivity index (χ0v) is 17.6. The largest absolute Gasteiger partial charge is 0.573 e. The van der Waals surface area contributed by atoms with Crippen molar-refractivity contribution in [2.45, 2.75) is 45.0 Å². The molecule has 0 unspecified atom stereocenters. The van der Waals surface area contributed by atoms with Crippen LogP contribution in [0, 0.1) is 18.3 Å². The predicted molar refractivity (Wildman–Crippen MR) is 107 cm³/mol. The number of benzene rings is 1. The van der Waals surface area contributed by atoms with E-state index >= 15 is 0 Å². The fourth-order valence-electron chi connectivity index (χ4n) is 3.35. The van der Waals surface area contributed by atoms with E-state index in [9.17, 15) is 18.0 Å². The van der Waals surface area contributed by atoms with E-state index in [1.165, 1.54) is 23.1 Å². The number of hydrogen-bond acceptors (Lipinski definition) is 7. The molecule has 1 saturated carbocycles. The predicted octanol–water partition coefficient (Wildman–Crippen LogP) is 3.50. The van der Waals surface area contributed by atoms with Crippen molar-refractivity contribution in [3.63, 3.8) is 0 Å². The van der Waals surface area contributed by atoms with Crippen LogP contribution in [0.2, 0.25) is 0 Å². The summed E-state index contributed by atoms with van der Waals surface area (Å²) in [6.07, 6.45) is -1.96. The Hall–Kier alpha value is -4.01. The summed E-state index contributed by atoms with van der Waals surface area (Å²) in [4.78, 5) is 25.2. The van der Waals surface area contributed by atoms with Crippen LogP contribution >= 0.6 is 0 Å². The van der Waals surface area contributed by atoms with E-state index in [1.807, 2.05) is 6.07 Å². The third-order valence-electron chi connectivity index (χ3n) is 4.93. The molecule has 0 spiro atoms. The molecular formula is C21H18F3N7O2. The van der Waals surface area contributed by atoms with Crippen molar-refractivity contribution < 1.29 is 22.7 Å². The topological polar surface area (TPSA) is 119 Å². The minimum atomic E-state index is -4.86. The van der Waals surface area contributed by atoms with Gasteiger partial charge in [0.1, 0.15) is 29.7 Å². The van der Waals surface area contributed by atoms with Crippen LogP contribution < -0.4 is 10.1 Å². The van der Waals surface area contributed by atoms with Crippen molar-refractivity contribution in [3.8, 4) is 17.6 Å². The van der Waals surface area contributed by atoms with Crippen molar-refractivity contribution in [2.24, 2.45) is 0 Å². The Morgan fingerprint density at radius 3 is 2.70 bits per heavy atom. The van der Waals surface area contributed by atoms with E-state index in [0.717, 1.165) is 18.9 Å². The number of nitriles is 1. The molecule has 1 aromatic carbocycles. The fraction of sp³-hybridized carbons (Fsp3) is 0.333. The van der Waals surface area contributed by atoms with Gasteiger partial charge in [0, 0.05) is 11.6 Å². The molecule has 12 heteroatoms. The summed E-state index contributed by atoms with van der Waals surface area (Å²) < 4.78 is 43.7. The molecule has 1 atom stereocenters. The highest BCUT2D eigenvalue weighted by atomic mass is 19.4. The number of nitrogens with zero attached hydrogens (tertiary/aromatic N) is 6. The van der Waals surface area contributed by atoms with Gasteiger partial charge in [0.05, 0.1) is 6.04 Å². The van der Waals surface area contributed by atoms with Crippen LogP contribution in [-0.4, -0.2) is 37.0 Å². The summed E-state index contributed by atoms with van der Waals surface area (Å²) in [5, 5.41) is 16.1. The molecular weight excluding hydrogens is 439 g/mol. The summed E-state index contributed by atoms with van der Waals surface area (Å²) in [7, 11) is 0.